The first-order valence-electron chi connectivity index (χ1n) is 6.53. The molecule has 0 radical (unpaired) electrons. The quantitative estimate of drug-likeness (QED) is 0.887. The van der Waals surface area contributed by atoms with Crippen molar-refractivity contribution >= 4 is 0 Å². The molecule has 2 aromatic rings. The molecule has 1 atom stereocenters. The smallest absolute Gasteiger partial charge is 0.241 e. The van der Waals surface area contributed by atoms with E-state index in [0.29, 0.717) is 18.3 Å². The van der Waals surface area contributed by atoms with Gasteiger partial charge in [-0.1, -0.05) is 11.2 Å². The molecule has 1 aliphatic heterocycles. The van der Waals surface area contributed by atoms with Gasteiger partial charge in [-0.3, -0.25) is 9.88 Å². The number of hydrogen-bond acceptors (Lipinski definition) is 6. The van der Waals surface area contributed by atoms with Crippen molar-refractivity contribution in [3.63, 3.8) is 0 Å². The summed E-state index contributed by atoms with van der Waals surface area (Å²) in [4.78, 5) is 10.8. The van der Waals surface area contributed by atoms with Crippen molar-refractivity contribution in [1.82, 2.24) is 20.0 Å². The van der Waals surface area contributed by atoms with Gasteiger partial charge in [0, 0.05) is 18.8 Å². The first kappa shape index (κ1) is 12.3. The van der Waals surface area contributed by atoms with Gasteiger partial charge in [-0.2, -0.15) is 4.98 Å². The van der Waals surface area contributed by atoms with Gasteiger partial charge >= 0.3 is 0 Å². The van der Waals surface area contributed by atoms with Crippen LogP contribution < -0.4 is 5.73 Å². The summed E-state index contributed by atoms with van der Waals surface area (Å²) in [6.45, 7) is 2.59. The van der Waals surface area contributed by atoms with E-state index in [4.69, 9.17) is 10.3 Å². The van der Waals surface area contributed by atoms with Gasteiger partial charge in [0.15, 0.2) is 0 Å². The Morgan fingerprint density at radius 2 is 2.37 bits per heavy atom. The van der Waals surface area contributed by atoms with E-state index in [1.54, 1.807) is 6.20 Å². The van der Waals surface area contributed by atoms with Gasteiger partial charge in [0.25, 0.3) is 0 Å². The SMILES string of the molecule is NC1CCCN(Cc2nc(-c3ccccn3)no2)C1. The number of nitrogens with two attached hydrogens (primary N) is 1. The molecule has 3 rings (SSSR count). The van der Waals surface area contributed by atoms with E-state index < -0.39 is 0 Å². The first-order chi connectivity index (χ1) is 9.31. The van der Waals surface area contributed by atoms with Crippen LogP contribution in [0.15, 0.2) is 28.9 Å². The fraction of sp³-hybridized carbons (Fsp3) is 0.462. The summed E-state index contributed by atoms with van der Waals surface area (Å²) in [7, 11) is 0. The third-order valence-electron chi connectivity index (χ3n) is 3.26. The van der Waals surface area contributed by atoms with Crippen molar-refractivity contribution < 1.29 is 4.52 Å². The Bertz CT molecular complexity index is 527. The standard InChI is InChI=1S/C13H17N5O/c14-10-4-3-7-18(8-10)9-12-16-13(17-19-12)11-5-1-2-6-15-11/h1-2,5-6,10H,3-4,7-9,14H2. The zero-order valence-corrected chi connectivity index (χ0v) is 10.7. The van der Waals surface area contributed by atoms with E-state index in [0.717, 1.165) is 31.6 Å². The molecular formula is C13H17N5O. The van der Waals surface area contributed by atoms with E-state index >= 15 is 0 Å². The lowest BCUT2D eigenvalue weighted by molar-refractivity contribution is 0.178. The van der Waals surface area contributed by atoms with Crippen molar-refractivity contribution in [2.24, 2.45) is 5.73 Å². The van der Waals surface area contributed by atoms with Crippen LogP contribution in [0.1, 0.15) is 18.7 Å². The number of likely N-dealkylation sites (tertiary alicyclic amines) is 1. The fourth-order valence-corrected chi connectivity index (χ4v) is 2.34. The average Bonchev–Trinajstić information content (AvgIpc) is 2.88. The zero-order chi connectivity index (χ0) is 13.1. The Kier molecular flexibility index (Phi) is 3.52. The molecule has 6 nitrogen and oxygen atoms in total. The predicted molar refractivity (Wildman–Crippen MR) is 70.0 cm³/mol. The molecular weight excluding hydrogens is 242 g/mol. The van der Waals surface area contributed by atoms with Crippen molar-refractivity contribution in [1.29, 1.82) is 0 Å². The van der Waals surface area contributed by atoms with Crippen LogP contribution in [0.25, 0.3) is 11.5 Å². The molecule has 2 aromatic heterocycles. The van der Waals surface area contributed by atoms with E-state index in [1.165, 1.54) is 0 Å². The molecule has 3 heterocycles. The molecule has 0 spiro atoms. The molecule has 1 saturated heterocycles. The van der Waals surface area contributed by atoms with Gasteiger partial charge in [-0.05, 0) is 31.5 Å². The molecule has 0 saturated carbocycles. The minimum absolute atomic E-state index is 0.256. The molecule has 0 bridgehead atoms. The molecule has 1 aliphatic rings. The lowest BCUT2D eigenvalue weighted by atomic mass is 10.1. The number of hydrogen-bond donors (Lipinski definition) is 1. The molecule has 19 heavy (non-hydrogen) atoms. The van der Waals surface area contributed by atoms with E-state index in [-0.39, 0.29) is 6.04 Å². The minimum atomic E-state index is 0.256. The number of nitrogens with zero attached hydrogens (tertiary/aromatic N) is 4. The van der Waals surface area contributed by atoms with Crippen molar-refractivity contribution in [2.45, 2.75) is 25.4 Å². The zero-order valence-electron chi connectivity index (χ0n) is 10.7. The van der Waals surface area contributed by atoms with E-state index in [9.17, 15) is 0 Å². The maximum atomic E-state index is 5.96. The number of pyridine rings is 1. The highest BCUT2D eigenvalue weighted by Gasteiger charge is 2.19. The number of piperidine rings is 1. The Morgan fingerprint density at radius 1 is 1.42 bits per heavy atom. The normalized spacial score (nSPS) is 20.6. The summed E-state index contributed by atoms with van der Waals surface area (Å²) in [5, 5.41) is 3.96. The summed E-state index contributed by atoms with van der Waals surface area (Å²) < 4.78 is 5.27. The molecule has 1 fully saturated rings. The summed E-state index contributed by atoms with van der Waals surface area (Å²) >= 11 is 0. The topological polar surface area (TPSA) is 81.1 Å². The highest BCUT2D eigenvalue weighted by molar-refractivity contribution is 5.46. The lowest BCUT2D eigenvalue weighted by Gasteiger charge is -2.29. The van der Waals surface area contributed by atoms with Crippen LogP contribution in [-0.4, -0.2) is 39.2 Å². The molecule has 100 valence electrons. The first-order valence-corrected chi connectivity index (χ1v) is 6.53. The van der Waals surface area contributed by atoms with Crippen molar-refractivity contribution in [3.05, 3.63) is 30.3 Å². The molecule has 6 heteroatoms. The number of rotatable bonds is 3. The number of aromatic nitrogens is 3. The second-order valence-corrected chi connectivity index (χ2v) is 4.86. The van der Waals surface area contributed by atoms with Crippen LogP contribution in [0.2, 0.25) is 0 Å². The second-order valence-electron chi connectivity index (χ2n) is 4.86. The average molecular weight is 259 g/mol. The van der Waals surface area contributed by atoms with Crippen LogP contribution in [0.4, 0.5) is 0 Å². The van der Waals surface area contributed by atoms with Crippen molar-refractivity contribution in [3.8, 4) is 11.5 Å². The van der Waals surface area contributed by atoms with Crippen LogP contribution in [0.3, 0.4) is 0 Å². The summed E-state index contributed by atoms with van der Waals surface area (Å²) in [5.41, 5.74) is 6.69. The third-order valence-corrected chi connectivity index (χ3v) is 3.26. The highest BCUT2D eigenvalue weighted by Crippen LogP contribution is 2.15. The maximum absolute atomic E-state index is 5.96. The fourth-order valence-electron chi connectivity index (χ4n) is 2.34. The Hall–Kier alpha value is -1.79. The van der Waals surface area contributed by atoms with Crippen LogP contribution in [0, 0.1) is 0 Å². The second kappa shape index (κ2) is 5.46. The molecule has 0 aliphatic carbocycles. The molecule has 0 aromatic carbocycles. The van der Waals surface area contributed by atoms with Gasteiger partial charge in [0.1, 0.15) is 5.69 Å². The monoisotopic (exact) mass is 259 g/mol. The van der Waals surface area contributed by atoms with Crippen LogP contribution in [-0.2, 0) is 6.54 Å². The maximum Gasteiger partial charge on any atom is 0.241 e. The van der Waals surface area contributed by atoms with Crippen molar-refractivity contribution in [2.75, 3.05) is 13.1 Å². The van der Waals surface area contributed by atoms with E-state index in [1.807, 2.05) is 18.2 Å². The Balaban J connectivity index is 1.68. The summed E-state index contributed by atoms with van der Waals surface area (Å²) in [5.74, 6) is 1.16. The van der Waals surface area contributed by atoms with Gasteiger partial charge in [0.05, 0.1) is 6.54 Å². The summed E-state index contributed by atoms with van der Waals surface area (Å²) in [6, 6.07) is 5.89. The highest BCUT2D eigenvalue weighted by atomic mass is 16.5. The molecule has 2 N–H and O–H groups in total. The molecule has 1 unspecified atom stereocenters. The molecule has 0 amide bonds. The van der Waals surface area contributed by atoms with Gasteiger partial charge in [-0.25, -0.2) is 0 Å². The van der Waals surface area contributed by atoms with Gasteiger partial charge in [-0.15, -0.1) is 0 Å². The van der Waals surface area contributed by atoms with Gasteiger partial charge < -0.3 is 10.3 Å². The van der Waals surface area contributed by atoms with E-state index in [2.05, 4.69) is 20.0 Å². The lowest BCUT2D eigenvalue weighted by Crippen LogP contribution is -2.42. The summed E-state index contributed by atoms with van der Waals surface area (Å²) in [6.07, 6.45) is 3.94. The minimum Gasteiger partial charge on any atom is -0.337 e. The Morgan fingerprint density at radius 3 is 3.16 bits per heavy atom. The largest absolute Gasteiger partial charge is 0.337 e. The third kappa shape index (κ3) is 2.97. The predicted octanol–water partition coefficient (Wildman–Crippen LogP) is 1.05. The Labute approximate surface area is 111 Å². The van der Waals surface area contributed by atoms with Crippen LogP contribution in [0.5, 0.6) is 0 Å². The van der Waals surface area contributed by atoms with Crippen LogP contribution >= 0.6 is 0 Å². The van der Waals surface area contributed by atoms with Gasteiger partial charge in [0.2, 0.25) is 11.7 Å².